The Bertz CT molecular complexity index is 414. The fourth-order valence-electron chi connectivity index (χ4n) is 1.47. The first-order valence-corrected chi connectivity index (χ1v) is 5.78. The summed E-state index contributed by atoms with van der Waals surface area (Å²) in [5.41, 5.74) is 6.23. The molecule has 0 amide bonds. The van der Waals surface area contributed by atoms with E-state index < -0.39 is 5.82 Å². The van der Waals surface area contributed by atoms with Crippen molar-refractivity contribution in [3.8, 4) is 6.07 Å². The molecule has 0 bridgehead atoms. The molecule has 5 heteroatoms. The largest absolute Gasteiger partial charge is 0.368 e. The van der Waals surface area contributed by atoms with Crippen molar-refractivity contribution in [2.24, 2.45) is 5.73 Å². The maximum atomic E-state index is 13.9. The lowest BCUT2D eigenvalue weighted by Crippen LogP contribution is -2.29. The average Bonchev–Trinajstić information content (AvgIpc) is 2.30. The Morgan fingerprint density at radius 3 is 2.75 bits per heavy atom. The van der Waals surface area contributed by atoms with Gasteiger partial charge in [0.05, 0.1) is 15.7 Å². The van der Waals surface area contributed by atoms with Crippen LogP contribution in [0.15, 0.2) is 16.6 Å². The van der Waals surface area contributed by atoms with Crippen LogP contribution in [0, 0.1) is 17.1 Å². The second kappa shape index (κ2) is 5.83. The summed E-state index contributed by atoms with van der Waals surface area (Å²) in [4.78, 5) is 1.83. The van der Waals surface area contributed by atoms with Gasteiger partial charge in [0.25, 0.3) is 0 Å². The zero-order valence-corrected chi connectivity index (χ0v) is 10.6. The fourth-order valence-corrected chi connectivity index (χ4v) is 1.90. The molecule has 0 unspecified atom stereocenters. The van der Waals surface area contributed by atoms with Gasteiger partial charge in [-0.25, -0.2) is 4.39 Å². The van der Waals surface area contributed by atoms with E-state index in [1.807, 2.05) is 17.9 Å². The van der Waals surface area contributed by atoms with Crippen molar-refractivity contribution in [3.63, 3.8) is 0 Å². The molecule has 0 aliphatic rings. The number of nitrogens with zero attached hydrogens (tertiary/aromatic N) is 2. The highest BCUT2D eigenvalue weighted by molar-refractivity contribution is 9.10. The summed E-state index contributed by atoms with van der Waals surface area (Å²) in [6.07, 6.45) is 0. The predicted octanol–water partition coefficient (Wildman–Crippen LogP) is 2.24. The monoisotopic (exact) mass is 285 g/mol. The number of anilines is 1. The summed E-state index contributed by atoms with van der Waals surface area (Å²) in [7, 11) is 0. The molecule has 1 rings (SSSR count). The van der Waals surface area contributed by atoms with Crippen LogP contribution >= 0.6 is 15.9 Å². The Labute approximate surface area is 103 Å². The predicted molar refractivity (Wildman–Crippen MR) is 65.8 cm³/mol. The molecule has 16 heavy (non-hydrogen) atoms. The summed E-state index contributed by atoms with van der Waals surface area (Å²) < 4.78 is 14.1. The lowest BCUT2D eigenvalue weighted by molar-refractivity contribution is 0.611. The Kier molecular flexibility index (Phi) is 4.71. The Morgan fingerprint density at radius 1 is 1.56 bits per heavy atom. The third kappa shape index (κ3) is 2.52. The van der Waals surface area contributed by atoms with Gasteiger partial charge in [-0.3, -0.25) is 0 Å². The zero-order chi connectivity index (χ0) is 12.1. The fraction of sp³-hybridized carbons (Fsp3) is 0.364. The molecule has 1 aromatic rings. The normalized spacial score (nSPS) is 9.94. The molecule has 0 atom stereocenters. The number of benzene rings is 1. The van der Waals surface area contributed by atoms with Gasteiger partial charge < -0.3 is 10.6 Å². The van der Waals surface area contributed by atoms with Crippen LogP contribution in [0.25, 0.3) is 0 Å². The van der Waals surface area contributed by atoms with Crippen LogP contribution in [0.4, 0.5) is 10.1 Å². The minimum atomic E-state index is -0.408. The van der Waals surface area contributed by atoms with Crippen LogP contribution < -0.4 is 10.6 Å². The van der Waals surface area contributed by atoms with Crippen LogP contribution in [0.2, 0.25) is 0 Å². The number of hydrogen-bond donors (Lipinski definition) is 1. The molecule has 0 saturated heterocycles. The lowest BCUT2D eigenvalue weighted by atomic mass is 10.2. The van der Waals surface area contributed by atoms with Gasteiger partial charge in [-0.15, -0.1) is 0 Å². The van der Waals surface area contributed by atoms with E-state index in [9.17, 15) is 4.39 Å². The quantitative estimate of drug-likeness (QED) is 0.923. The SMILES string of the molecule is CCN(CCN)c1ccc(C#N)c(Br)c1F. The third-order valence-electron chi connectivity index (χ3n) is 2.30. The van der Waals surface area contributed by atoms with Gasteiger partial charge in [-0.05, 0) is 35.0 Å². The first kappa shape index (κ1) is 12.9. The number of halogens is 2. The molecule has 0 aliphatic heterocycles. The maximum Gasteiger partial charge on any atom is 0.161 e. The van der Waals surface area contributed by atoms with Gasteiger partial charge >= 0.3 is 0 Å². The lowest BCUT2D eigenvalue weighted by Gasteiger charge is -2.23. The van der Waals surface area contributed by atoms with E-state index in [-0.39, 0.29) is 4.47 Å². The highest BCUT2D eigenvalue weighted by Crippen LogP contribution is 2.28. The highest BCUT2D eigenvalue weighted by Gasteiger charge is 2.14. The minimum absolute atomic E-state index is 0.211. The summed E-state index contributed by atoms with van der Waals surface area (Å²) in [6, 6.07) is 5.13. The molecule has 0 aliphatic carbocycles. The van der Waals surface area contributed by atoms with Crippen molar-refractivity contribution in [2.75, 3.05) is 24.5 Å². The molecule has 0 spiro atoms. The van der Waals surface area contributed by atoms with E-state index in [4.69, 9.17) is 11.0 Å². The van der Waals surface area contributed by atoms with Crippen LogP contribution in [-0.2, 0) is 0 Å². The molecule has 0 aromatic heterocycles. The summed E-state index contributed by atoms with van der Waals surface area (Å²) in [5, 5.41) is 8.75. The number of nitrogens with two attached hydrogens (primary N) is 1. The van der Waals surface area contributed by atoms with Crippen molar-refractivity contribution in [1.82, 2.24) is 0 Å². The van der Waals surface area contributed by atoms with Crippen molar-refractivity contribution in [1.29, 1.82) is 5.26 Å². The molecule has 0 heterocycles. The van der Waals surface area contributed by atoms with E-state index in [0.717, 1.165) is 0 Å². The number of rotatable bonds is 4. The molecule has 0 radical (unpaired) electrons. The van der Waals surface area contributed by atoms with E-state index in [0.29, 0.717) is 30.9 Å². The third-order valence-corrected chi connectivity index (χ3v) is 3.08. The van der Waals surface area contributed by atoms with E-state index in [1.165, 1.54) is 0 Å². The topological polar surface area (TPSA) is 53.0 Å². The van der Waals surface area contributed by atoms with Gasteiger partial charge in [-0.1, -0.05) is 0 Å². The van der Waals surface area contributed by atoms with Gasteiger partial charge in [0, 0.05) is 19.6 Å². The average molecular weight is 286 g/mol. The first-order chi connectivity index (χ1) is 7.65. The Morgan fingerprint density at radius 2 is 2.25 bits per heavy atom. The molecule has 2 N–H and O–H groups in total. The summed E-state index contributed by atoms with van der Waals surface area (Å²) in [5.74, 6) is -0.408. The number of hydrogen-bond acceptors (Lipinski definition) is 3. The van der Waals surface area contributed by atoms with Crippen LogP contribution in [0.5, 0.6) is 0 Å². The van der Waals surface area contributed by atoms with Crippen LogP contribution in [0.3, 0.4) is 0 Å². The molecular formula is C11H13BrFN3. The van der Waals surface area contributed by atoms with Crippen molar-refractivity contribution in [3.05, 3.63) is 28.0 Å². The number of likely N-dealkylation sites (N-methyl/N-ethyl adjacent to an activating group) is 1. The smallest absolute Gasteiger partial charge is 0.161 e. The first-order valence-electron chi connectivity index (χ1n) is 4.98. The second-order valence-electron chi connectivity index (χ2n) is 3.24. The van der Waals surface area contributed by atoms with Crippen molar-refractivity contribution in [2.45, 2.75) is 6.92 Å². The van der Waals surface area contributed by atoms with E-state index in [1.54, 1.807) is 12.1 Å². The van der Waals surface area contributed by atoms with Crippen LogP contribution in [-0.4, -0.2) is 19.6 Å². The summed E-state index contributed by atoms with van der Waals surface area (Å²) in [6.45, 7) is 3.66. The Hall–Kier alpha value is -1.12. The molecule has 3 nitrogen and oxygen atoms in total. The van der Waals surface area contributed by atoms with Crippen molar-refractivity contribution >= 4 is 21.6 Å². The Balaban J connectivity index is 3.16. The highest BCUT2D eigenvalue weighted by atomic mass is 79.9. The van der Waals surface area contributed by atoms with Gasteiger partial charge in [-0.2, -0.15) is 5.26 Å². The van der Waals surface area contributed by atoms with Crippen molar-refractivity contribution < 1.29 is 4.39 Å². The molecule has 0 saturated carbocycles. The second-order valence-corrected chi connectivity index (χ2v) is 4.03. The molecule has 1 aromatic carbocycles. The molecule has 86 valence electrons. The van der Waals surface area contributed by atoms with Gasteiger partial charge in [0.2, 0.25) is 0 Å². The number of nitriles is 1. The van der Waals surface area contributed by atoms with Gasteiger partial charge in [0.1, 0.15) is 6.07 Å². The van der Waals surface area contributed by atoms with E-state index in [2.05, 4.69) is 15.9 Å². The molecule has 0 fully saturated rings. The standard InChI is InChI=1S/C11H13BrFN3/c1-2-16(6-5-14)9-4-3-8(7-15)10(12)11(9)13/h3-4H,2,5-6,14H2,1H3. The van der Waals surface area contributed by atoms with E-state index >= 15 is 0 Å². The zero-order valence-electron chi connectivity index (χ0n) is 9.00. The summed E-state index contributed by atoms with van der Waals surface area (Å²) >= 11 is 3.08. The maximum absolute atomic E-state index is 13.9. The molecular weight excluding hydrogens is 273 g/mol. The minimum Gasteiger partial charge on any atom is -0.368 e. The van der Waals surface area contributed by atoms with Crippen LogP contribution in [0.1, 0.15) is 12.5 Å². The van der Waals surface area contributed by atoms with Gasteiger partial charge in [0.15, 0.2) is 5.82 Å².